The second kappa shape index (κ2) is 4.55. The minimum Gasteiger partial charge on any atom is -0.327 e. The van der Waals surface area contributed by atoms with Crippen LogP contribution in [0.1, 0.15) is 39.0 Å². The monoisotopic (exact) mass is 153 g/mol. The van der Waals surface area contributed by atoms with E-state index in [0.29, 0.717) is 6.54 Å². The lowest BCUT2D eigenvalue weighted by Crippen LogP contribution is -2.08. The molecule has 1 heteroatoms. The highest BCUT2D eigenvalue weighted by molar-refractivity contribution is 5.04. The molecular weight excluding hydrogens is 134 g/mol. The molecule has 1 aliphatic carbocycles. The molecule has 0 amide bonds. The Hall–Kier alpha value is -0.300. The maximum Gasteiger partial charge on any atom is 0.0109 e. The molecule has 0 aromatic heterocycles. The number of nitrogens with two attached hydrogens (primary N) is 1. The molecule has 64 valence electrons. The molecule has 0 unspecified atom stereocenters. The van der Waals surface area contributed by atoms with E-state index in [9.17, 15) is 0 Å². The maximum absolute atomic E-state index is 5.46. The van der Waals surface area contributed by atoms with E-state index in [1.54, 1.807) is 0 Å². The Bertz CT molecular complexity index is 132. The summed E-state index contributed by atoms with van der Waals surface area (Å²) in [6, 6.07) is 0. The quantitative estimate of drug-likeness (QED) is 0.606. The van der Waals surface area contributed by atoms with Crippen molar-refractivity contribution in [1.29, 1.82) is 0 Å². The van der Waals surface area contributed by atoms with Gasteiger partial charge >= 0.3 is 0 Å². The van der Waals surface area contributed by atoms with Gasteiger partial charge in [0.2, 0.25) is 0 Å². The molecule has 0 aromatic rings. The summed E-state index contributed by atoms with van der Waals surface area (Å²) in [5.74, 6) is 0.854. The van der Waals surface area contributed by atoms with Crippen LogP contribution >= 0.6 is 0 Å². The van der Waals surface area contributed by atoms with Crippen molar-refractivity contribution < 1.29 is 0 Å². The predicted molar refractivity (Wildman–Crippen MR) is 49.4 cm³/mol. The van der Waals surface area contributed by atoms with Crippen LogP contribution in [-0.2, 0) is 0 Å². The fourth-order valence-corrected chi connectivity index (χ4v) is 1.91. The molecule has 1 fully saturated rings. The van der Waals surface area contributed by atoms with Crippen LogP contribution < -0.4 is 5.73 Å². The van der Waals surface area contributed by atoms with E-state index < -0.39 is 0 Å². The highest BCUT2D eigenvalue weighted by atomic mass is 14.5. The SMILES string of the molecule is C/C(=C\CN)C1CCCCC1. The molecule has 0 heterocycles. The van der Waals surface area contributed by atoms with Gasteiger partial charge in [-0.3, -0.25) is 0 Å². The van der Waals surface area contributed by atoms with E-state index >= 15 is 0 Å². The number of rotatable bonds is 2. The third-order valence-corrected chi connectivity index (χ3v) is 2.69. The van der Waals surface area contributed by atoms with Gasteiger partial charge in [0.1, 0.15) is 0 Å². The minimum absolute atomic E-state index is 0.711. The number of hydrogen-bond acceptors (Lipinski definition) is 1. The van der Waals surface area contributed by atoms with Crippen LogP contribution in [-0.4, -0.2) is 6.54 Å². The van der Waals surface area contributed by atoms with Gasteiger partial charge in [-0.05, 0) is 25.7 Å². The van der Waals surface area contributed by atoms with E-state index in [2.05, 4.69) is 13.0 Å². The second-order valence-corrected chi connectivity index (χ2v) is 3.52. The molecule has 0 bridgehead atoms. The fourth-order valence-electron chi connectivity index (χ4n) is 1.91. The lowest BCUT2D eigenvalue weighted by atomic mass is 9.84. The van der Waals surface area contributed by atoms with E-state index in [4.69, 9.17) is 5.73 Å². The van der Waals surface area contributed by atoms with E-state index in [1.165, 1.54) is 37.7 Å². The first-order valence-corrected chi connectivity index (χ1v) is 4.71. The average Bonchev–Trinajstić information content (AvgIpc) is 2.07. The molecule has 0 saturated heterocycles. The summed E-state index contributed by atoms with van der Waals surface area (Å²) >= 11 is 0. The van der Waals surface area contributed by atoms with Gasteiger partial charge in [0.05, 0.1) is 0 Å². The smallest absolute Gasteiger partial charge is 0.0109 e. The summed E-state index contributed by atoms with van der Waals surface area (Å²) < 4.78 is 0. The van der Waals surface area contributed by atoms with Crippen molar-refractivity contribution in [3.8, 4) is 0 Å². The van der Waals surface area contributed by atoms with E-state index in [0.717, 1.165) is 5.92 Å². The minimum atomic E-state index is 0.711. The normalized spacial score (nSPS) is 22.2. The van der Waals surface area contributed by atoms with Gasteiger partial charge in [-0.25, -0.2) is 0 Å². The van der Waals surface area contributed by atoms with Gasteiger partial charge < -0.3 is 5.73 Å². The van der Waals surface area contributed by atoms with Crippen LogP contribution in [0.2, 0.25) is 0 Å². The molecule has 0 aromatic carbocycles. The lowest BCUT2D eigenvalue weighted by molar-refractivity contribution is 0.402. The first kappa shape index (κ1) is 8.79. The zero-order valence-electron chi connectivity index (χ0n) is 7.47. The number of allylic oxidation sites excluding steroid dienone is 1. The van der Waals surface area contributed by atoms with Crippen LogP contribution in [0.3, 0.4) is 0 Å². The van der Waals surface area contributed by atoms with Gasteiger partial charge in [0.15, 0.2) is 0 Å². The van der Waals surface area contributed by atoms with Crippen LogP contribution in [0.15, 0.2) is 11.6 Å². The Kier molecular flexibility index (Phi) is 3.64. The van der Waals surface area contributed by atoms with Crippen LogP contribution in [0.4, 0.5) is 0 Å². The summed E-state index contributed by atoms with van der Waals surface area (Å²) in [5, 5.41) is 0. The molecule has 1 saturated carbocycles. The molecule has 0 aliphatic heterocycles. The highest BCUT2D eigenvalue weighted by Gasteiger charge is 2.13. The first-order valence-electron chi connectivity index (χ1n) is 4.71. The summed E-state index contributed by atoms with van der Waals surface area (Å²) in [6.07, 6.45) is 9.23. The van der Waals surface area contributed by atoms with Crippen molar-refractivity contribution in [2.24, 2.45) is 11.7 Å². The second-order valence-electron chi connectivity index (χ2n) is 3.52. The van der Waals surface area contributed by atoms with Gasteiger partial charge in [0.25, 0.3) is 0 Å². The third-order valence-electron chi connectivity index (χ3n) is 2.69. The molecule has 1 aliphatic rings. The fraction of sp³-hybridized carbons (Fsp3) is 0.800. The van der Waals surface area contributed by atoms with Crippen LogP contribution in [0.25, 0.3) is 0 Å². The predicted octanol–water partition coefficient (Wildman–Crippen LogP) is 2.47. The van der Waals surface area contributed by atoms with Gasteiger partial charge in [-0.1, -0.05) is 30.9 Å². The topological polar surface area (TPSA) is 26.0 Å². The summed E-state index contributed by atoms with van der Waals surface area (Å²) in [7, 11) is 0. The standard InChI is InChI=1S/C10H19N/c1-9(7-8-11)10-5-3-2-4-6-10/h7,10H,2-6,8,11H2,1H3/b9-7+. The zero-order chi connectivity index (χ0) is 8.10. The van der Waals surface area contributed by atoms with Crippen molar-refractivity contribution in [3.05, 3.63) is 11.6 Å². The molecule has 0 radical (unpaired) electrons. The lowest BCUT2D eigenvalue weighted by Gasteiger charge is -2.22. The number of hydrogen-bond donors (Lipinski definition) is 1. The average molecular weight is 153 g/mol. The molecule has 1 rings (SSSR count). The van der Waals surface area contributed by atoms with E-state index in [-0.39, 0.29) is 0 Å². The van der Waals surface area contributed by atoms with Crippen molar-refractivity contribution in [2.45, 2.75) is 39.0 Å². The van der Waals surface area contributed by atoms with Gasteiger partial charge in [-0.2, -0.15) is 0 Å². The maximum atomic E-state index is 5.46. The third kappa shape index (κ3) is 2.66. The molecule has 2 N–H and O–H groups in total. The summed E-state index contributed by atoms with van der Waals surface area (Å²) in [5.41, 5.74) is 6.98. The largest absolute Gasteiger partial charge is 0.327 e. The van der Waals surface area contributed by atoms with Gasteiger partial charge in [0, 0.05) is 6.54 Å². The molecular formula is C10H19N. The molecule has 0 spiro atoms. The van der Waals surface area contributed by atoms with E-state index in [1.807, 2.05) is 0 Å². The summed E-state index contributed by atoms with van der Waals surface area (Å²) in [6.45, 7) is 2.94. The molecule has 11 heavy (non-hydrogen) atoms. The van der Waals surface area contributed by atoms with Gasteiger partial charge in [-0.15, -0.1) is 0 Å². The first-order chi connectivity index (χ1) is 5.34. The van der Waals surface area contributed by atoms with Crippen molar-refractivity contribution in [2.75, 3.05) is 6.54 Å². The van der Waals surface area contributed by atoms with Crippen molar-refractivity contribution >= 4 is 0 Å². The Morgan fingerprint density at radius 2 is 2.00 bits per heavy atom. The van der Waals surface area contributed by atoms with Crippen LogP contribution in [0, 0.1) is 5.92 Å². The molecule has 0 atom stereocenters. The highest BCUT2D eigenvalue weighted by Crippen LogP contribution is 2.28. The van der Waals surface area contributed by atoms with Crippen molar-refractivity contribution in [3.63, 3.8) is 0 Å². The zero-order valence-corrected chi connectivity index (χ0v) is 7.47. The summed E-state index contributed by atoms with van der Waals surface area (Å²) in [4.78, 5) is 0. The Labute approximate surface area is 69.7 Å². The van der Waals surface area contributed by atoms with Crippen molar-refractivity contribution in [1.82, 2.24) is 0 Å². The Morgan fingerprint density at radius 1 is 1.36 bits per heavy atom. The Morgan fingerprint density at radius 3 is 2.55 bits per heavy atom. The molecule has 1 nitrogen and oxygen atoms in total. The van der Waals surface area contributed by atoms with Crippen LogP contribution in [0.5, 0.6) is 0 Å². The Balaban J connectivity index is 2.38.